The molecule has 148 valence electrons. The van der Waals surface area contributed by atoms with Gasteiger partial charge >= 0.3 is 0 Å². The largest absolute Gasteiger partial charge is 0.497 e. The summed E-state index contributed by atoms with van der Waals surface area (Å²) in [6.07, 6.45) is 0. The fourth-order valence-electron chi connectivity index (χ4n) is 2.69. The van der Waals surface area contributed by atoms with Crippen LogP contribution in [0.4, 0.5) is 11.4 Å². The number of nitrogens with zero attached hydrogens (tertiary/aromatic N) is 2. The van der Waals surface area contributed by atoms with Gasteiger partial charge in [0.15, 0.2) is 0 Å². The number of aromatic nitrogens is 2. The van der Waals surface area contributed by atoms with Gasteiger partial charge in [0.25, 0.3) is 5.56 Å². The minimum absolute atomic E-state index is 0.0589. The maximum Gasteiger partial charge on any atom is 0.291 e. The van der Waals surface area contributed by atoms with Gasteiger partial charge in [0.2, 0.25) is 11.8 Å². The average molecular weight is 392 g/mol. The van der Waals surface area contributed by atoms with Crippen molar-refractivity contribution in [2.45, 2.75) is 13.5 Å². The van der Waals surface area contributed by atoms with E-state index in [0.29, 0.717) is 17.1 Å². The van der Waals surface area contributed by atoms with Gasteiger partial charge < -0.3 is 15.4 Å². The Morgan fingerprint density at radius 2 is 1.72 bits per heavy atom. The quantitative estimate of drug-likeness (QED) is 0.671. The highest BCUT2D eigenvalue weighted by atomic mass is 16.5. The third kappa shape index (κ3) is 5.07. The van der Waals surface area contributed by atoms with Crippen molar-refractivity contribution < 1.29 is 14.3 Å². The van der Waals surface area contributed by atoms with Crippen molar-refractivity contribution in [1.82, 2.24) is 9.78 Å². The highest BCUT2D eigenvalue weighted by Gasteiger charge is 2.14. The van der Waals surface area contributed by atoms with E-state index in [-0.39, 0.29) is 18.1 Å². The lowest BCUT2D eigenvalue weighted by molar-refractivity contribution is -0.117. The number of carbonyl (C=O) groups is 2. The average Bonchev–Trinajstić information content (AvgIpc) is 2.71. The van der Waals surface area contributed by atoms with Crippen LogP contribution in [0.25, 0.3) is 11.3 Å². The van der Waals surface area contributed by atoms with E-state index in [4.69, 9.17) is 4.74 Å². The van der Waals surface area contributed by atoms with Gasteiger partial charge in [-0.25, -0.2) is 4.68 Å². The normalized spacial score (nSPS) is 10.3. The Bertz CT molecular complexity index is 1080. The van der Waals surface area contributed by atoms with Crippen LogP contribution in [0.5, 0.6) is 5.75 Å². The molecule has 29 heavy (non-hydrogen) atoms. The lowest BCUT2D eigenvalue weighted by atomic mass is 10.1. The Balaban J connectivity index is 1.89. The molecular formula is C21H20N4O4. The summed E-state index contributed by atoms with van der Waals surface area (Å²) in [5.41, 5.74) is 1.27. The third-order valence-corrected chi connectivity index (χ3v) is 4.02. The number of rotatable bonds is 6. The van der Waals surface area contributed by atoms with Crippen LogP contribution in [0, 0.1) is 0 Å². The van der Waals surface area contributed by atoms with Crippen LogP contribution in [-0.4, -0.2) is 28.7 Å². The van der Waals surface area contributed by atoms with Crippen LogP contribution in [0.1, 0.15) is 6.92 Å². The van der Waals surface area contributed by atoms with E-state index >= 15 is 0 Å². The Morgan fingerprint density at radius 1 is 1.03 bits per heavy atom. The second kappa shape index (κ2) is 8.83. The van der Waals surface area contributed by atoms with Crippen LogP contribution >= 0.6 is 0 Å². The van der Waals surface area contributed by atoms with E-state index in [9.17, 15) is 14.4 Å². The molecule has 0 saturated heterocycles. The summed E-state index contributed by atoms with van der Waals surface area (Å²) in [6.45, 7) is 1.00. The summed E-state index contributed by atoms with van der Waals surface area (Å²) in [7, 11) is 1.55. The van der Waals surface area contributed by atoms with Crippen LogP contribution in [0.15, 0.2) is 65.5 Å². The number of benzene rings is 2. The zero-order valence-corrected chi connectivity index (χ0v) is 16.0. The summed E-state index contributed by atoms with van der Waals surface area (Å²) in [6, 6.07) is 17.5. The van der Waals surface area contributed by atoms with Crippen LogP contribution < -0.4 is 20.9 Å². The highest BCUT2D eigenvalue weighted by molar-refractivity contribution is 5.91. The lowest BCUT2D eigenvalue weighted by Crippen LogP contribution is -2.32. The molecule has 3 rings (SSSR count). The molecule has 0 atom stereocenters. The minimum atomic E-state index is -0.565. The first-order chi connectivity index (χ1) is 14.0. The van der Waals surface area contributed by atoms with E-state index in [0.717, 1.165) is 10.2 Å². The van der Waals surface area contributed by atoms with Gasteiger partial charge in [-0.05, 0) is 30.3 Å². The van der Waals surface area contributed by atoms with Gasteiger partial charge in [-0.15, -0.1) is 0 Å². The van der Waals surface area contributed by atoms with Gasteiger partial charge in [0.05, 0.1) is 12.8 Å². The van der Waals surface area contributed by atoms with E-state index in [2.05, 4.69) is 15.7 Å². The molecule has 8 heteroatoms. The van der Waals surface area contributed by atoms with Crippen molar-refractivity contribution in [2.75, 3.05) is 17.7 Å². The molecule has 0 bridgehead atoms. The second-order valence-electron chi connectivity index (χ2n) is 6.23. The fraction of sp³-hybridized carbons (Fsp3) is 0.143. The molecule has 0 aliphatic rings. The van der Waals surface area contributed by atoms with Crippen molar-refractivity contribution in [2.24, 2.45) is 0 Å². The molecule has 0 aliphatic carbocycles. The molecule has 0 unspecified atom stereocenters. The molecule has 8 nitrogen and oxygen atoms in total. The number of ether oxygens (including phenoxy) is 1. The van der Waals surface area contributed by atoms with Crippen molar-refractivity contribution in [3.8, 4) is 17.0 Å². The number of amides is 2. The summed E-state index contributed by atoms with van der Waals surface area (Å²) in [5.74, 6) is -0.151. The second-order valence-corrected chi connectivity index (χ2v) is 6.23. The van der Waals surface area contributed by atoms with Crippen LogP contribution in [-0.2, 0) is 16.1 Å². The number of methoxy groups -OCH3 is 1. The zero-order chi connectivity index (χ0) is 20.8. The molecule has 2 aromatic carbocycles. The number of carbonyl (C=O) groups excluding carboxylic acids is 2. The van der Waals surface area contributed by atoms with Crippen molar-refractivity contribution in [3.05, 3.63) is 71.0 Å². The predicted molar refractivity (Wildman–Crippen MR) is 110 cm³/mol. The molecule has 0 aliphatic heterocycles. The van der Waals surface area contributed by atoms with Crippen LogP contribution in [0.2, 0.25) is 0 Å². The van der Waals surface area contributed by atoms with E-state index in [1.807, 2.05) is 30.3 Å². The van der Waals surface area contributed by atoms with Crippen LogP contribution in [0.3, 0.4) is 0 Å². The van der Waals surface area contributed by atoms with Gasteiger partial charge in [-0.2, -0.15) is 5.10 Å². The van der Waals surface area contributed by atoms with E-state index < -0.39 is 11.5 Å². The number of nitrogens with one attached hydrogen (secondary N) is 2. The lowest BCUT2D eigenvalue weighted by Gasteiger charge is -2.11. The Labute approximate surface area is 167 Å². The Morgan fingerprint density at radius 3 is 2.34 bits per heavy atom. The van der Waals surface area contributed by atoms with E-state index in [1.165, 1.54) is 13.0 Å². The molecule has 3 aromatic rings. The summed E-state index contributed by atoms with van der Waals surface area (Å²) >= 11 is 0. The first-order valence-corrected chi connectivity index (χ1v) is 8.85. The zero-order valence-electron chi connectivity index (χ0n) is 16.0. The molecule has 0 radical (unpaired) electrons. The molecule has 2 N–H and O–H groups in total. The fourth-order valence-corrected chi connectivity index (χ4v) is 2.69. The van der Waals surface area contributed by atoms with Gasteiger partial charge in [0.1, 0.15) is 18.0 Å². The smallest absolute Gasteiger partial charge is 0.291 e. The number of anilines is 2. The first kappa shape index (κ1) is 19.8. The number of hydrogen-bond donors (Lipinski definition) is 2. The minimum Gasteiger partial charge on any atom is -0.497 e. The monoisotopic (exact) mass is 392 g/mol. The van der Waals surface area contributed by atoms with Gasteiger partial charge in [-0.3, -0.25) is 14.4 Å². The molecule has 2 amide bonds. The maximum atomic E-state index is 12.6. The van der Waals surface area contributed by atoms with E-state index in [1.54, 1.807) is 31.4 Å². The van der Waals surface area contributed by atoms with Crippen molar-refractivity contribution >= 4 is 23.2 Å². The van der Waals surface area contributed by atoms with Crippen molar-refractivity contribution in [1.29, 1.82) is 0 Å². The third-order valence-electron chi connectivity index (χ3n) is 4.02. The van der Waals surface area contributed by atoms with Gasteiger partial charge in [-0.1, -0.05) is 30.3 Å². The molecular weight excluding hydrogens is 372 g/mol. The summed E-state index contributed by atoms with van der Waals surface area (Å²) in [4.78, 5) is 36.6. The predicted octanol–water partition coefficient (Wildman–Crippen LogP) is 2.52. The standard InChI is InChI=1S/C21H20N4O4/c1-14(26)22-19-12-18(15-6-4-3-5-7-15)24-25(21(19)28)13-20(27)23-16-8-10-17(29-2)11-9-16/h3-12H,13H2,1-2H3,(H,22,26)(H,23,27). The number of hydrogen-bond acceptors (Lipinski definition) is 5. The molecule has 0 saturated carbocycles. The molecule has 0 fully saturated rings. The Hall–Kier alpha value is -3.94. The first-order valence-electron chi connectivity index (χ1n) is 8.85. The topological polar surface area (TPSA) is 102 Å². The van der Waals surface area contributed by atoms with Crippen molar-refractivity contribution in [3.63, 3.8) is 0 Å². The summed E-state index contributed by atoms with van der Waals surface area (Å²) in [5, 5.41) is 9.50. The Kier molecular flexibility index (Phi) is 6.03. The molecule has 1 aromatic heterocycles. The molecule has 0 spiro atoms. The molecule has 1 heterocycles. The maximum absolute atomic E-state index is 12.6. The summed E-state index contributed by atoms with van der Waals surface area (Å²) < 4.78 is 6.12. The van der Waals surface area contributed by atoms with Gasteiger partial charge in [0, 0.05) is 18.2 Å². The SMILES string of the molecule is COc1ccc(NC(=O)Cn2nc(-c3ccccc3)cc(NC(C)=O)c2=O)cc1. The highest BCUT2D eigenvalue weighted by Crippen LogP contribution is 2.18.